The minimum Gasteiger partial charge on any atom is -0.453 e. The molecular formula is C31H42FN3O4. The normalized spacial score (nSPS) is 21.2. The van der Waals surface area contributed by atoms with Gasteiger partial charge in [0.05, 0.1) is 18.8 Å². The van der Waals surface area contributed by atoms with Crippen molar-refractivity contribution >= 4 is 12.0 Å². The van der Waals surface area contributed by atoms with E-state index in [1.54, 1.807) is 6.07 Å². The van der Waals surface area contributed by atoms with Crippen LogP contribution in [-0.4, -0.2) is 61.3 Å². The fraction of sp³-hybridized carbons (Fsp3) is 0.548. The molecule has 2 unspecified atom stereocenters. The van der Waals surface area contributed by atoms with E-state index in [0.29, 0.717) is 50.0 Å². The van der Waals surface area contributed by atoms with Gasteiger partial charge in [0, 0.05) is 31.1 Å². The SMILES string of the molecule is CCc1cccc(-c2c(F)cccc2C(O)(CCCNC(=O)OC)[C@@H]2CCCN(C(=O)C3CCCCN3)C2)c1. The zero-order valence-electron chi connectivity index (χ0n) is 23.2. The number of alkyl carbamates (subject to hydrolysis) is 1. The Hall–Kier alpha value is -2.97. The first-order valence-corrected chi connectivity index (χ1v) is 14.3. The van der Waals surface area contributed by atoms with Gasteiger partial charge in [-0.1, -0.05) is 49.7 Å². The van der Waals surface area contributed by atoms with Crippen LogP contribution >= 0.6 is 0 Å². The average molecular weight is 540 g/mol. The number of aryl methyl sites for hydroxylation is 1. The van der Waals surface area contributed by atoms with E-state index in [1.807, 2.05) is 35.2 Å². The van der Waals surface area contributed by atoms with Gasteiger partial charge in [-0.2, -0.15) is 0 Å². The maximum absolute atomic E-state index is 15.6. The molecule has 2 aromatic rings. The summed E-state index contributed by atoms with van der Waals surface area (Å²) in [5.74, 6) is -0.585. The van der Waals surface area contributed by atoms with E-state index in [0.717, 1.165) is 49.8 Å². The third-order valence-electron chi connectivity index (χ3n) is 8.31. The molecule has 2 aromatic carbocycles. The minimum absolute atomic E-state index is 0.0872. The van der Waals surface area contributed by atoms with Crippen LogP contribution in [0.3, 0.4) is 0 Å². The van der Waals surface area contributed by atoms with Crippen LogP contribution in [0.2, 0.25) is 0 Å². The molecule has 4 rings (SSSR count). The Morgan fingerprint density at radius 3 is 2.74 bits per heavy atom. The van der Waals surface area contributed by atoms with Gasteiger partial charge in [-0.05, 0) is 74.2 Å². The second-order valence-electron chi connectivity index (χ2n) is 10.8. The predicted octanol–water partition coefficient (Wildman–Crippen LogP) is 4.76. The Kier molecular flexibility index (Phi) is 9.97. The van der Waals surface area contributed by atoms with Crippen molar-refractivity contribution in [3.05, 3.63) is 59.4 Å². The number of halogens is 1. The predicted molar refractivity (Wildman–Crippen MR) is 150 cm³/mol. The first-order chi connectivity index (χ1) is 18.9. The Morgan fingerprint density at radius 1 is 1.18 bits per heavy atom. The summed E-state index contributed by atoms with van der Waals surface area (Å²) in [6.45, 7) is 4.27. The van der Waals surface area contributed by atoms with Crippen molar-refractivity contribution < 1.29 is 23.8 Å². The number of rotatable bonds is 9. The average Bonchev–Trinajstić information content (AvgIpc) is 2.99. The Morgan fingerprint density at radius 2 is 2.00 bits per heavy atom. The molecule has 2 heterocycles. The fourth-order valence-corrected chi connectivity index (χ4v) is 6.15. The molecule has 0 aliphatic carbocycles. The van der Waals surface area contributed by atoms with Crippen LogP contribution in [0.4, 0.5) is 9.18 Å². The van der Waals surface area contributed by atoms with Gasteiger partial charge in [0.25, 0.3) is 0 Å². The summed E-state index contributed by atoms with van der Waals surface area (Å²) < 4.78 is 20.3. The maximum atomic E-state index is 15.6. The second kappa shape index (κ2) is 13.4. The molecule has 212 valence electrons. The molecule has 3 N–H and O–H groups in total. The topological polar surface area (TPSA) is 90.9 Å². The number of methoxy groups -OCH3 is 1. The van der Waals surface area contributed by atoms with Gasteiger partial charge >= 0.3 is 6.09 Å². The van der Waals surface area contributed by atoms with Crippen LogP contribution < -0.4 is 10.6 Å². The number of hydrogen-bond donors (Lipinski definition) is 3. The molecule has 0 saturated carbocycles. The van der Waals surface area contributed by atoms with Crippen molar-refractivity contribution in [1.82, 2.24) is 15.5 Å². The van der Waals surface area contributed by atoms with E-state index in [1.165, 1.54) is 13.2 Å². The molecule has 8 heteroatoms. The van der Waals surface area contributed by atoms with E-state index in [-0.39, 0.29) is 23.7 Å². The number of amides is 2. The van der Waals surface area contributed by atoms with Crippen LogP contribution in [0.25, 0.3) is 11.1 Å². The first-order valence-electron chi connectivity index (χ1n) is 14.3. The van der Waals surface area contributed by atoms with Crippen molar-refractivity contribution in [2.75, 3.05) is 33.3 Å². The number of hydrogen-bond acceptors (Lipinski definition) is 5. The first kappa shape index (κ1) is 29.0. The molecule has 39 heavy (non-hydrogen) atoms. The number of carbonyl (C=O) groups is 2. The molecule has 3 atom stereocenters. The molecule has 2 saturated heterocycles. The molecule has 2 fully saturated rings. The molecule has 0 radical (unpaired) electrons. The lowest BCUT2D eigenvalue weighted by Gasteiger charge is -2.44. The van der Waals surface area contributed by atoms with Crippen LogP contribution in [-0.2, 0) is 21.6 Å². The lowest BCUT2D eigenvalue weighted by molar-refractivity contribution is -0.139. The van der Waals surface area contributed by atoms with Gasteiger partial charge < -0.3 is 25.4 Å². The van der Waals surface area contributed by atoms with Crippen LogP contribution in [0.1, 0.15) is 63.0 Å². The summed E-state index contributed by atoms with van der Waals surface area (Å²) >= 11 is 0. The van der Waals surface area contributed by atoms with Gasteiger partial charge in [-0.15, -0.1) is 0 Å². The third kappa shape index (κ3) is 6.79. The van der Waals surface area contributed by atoms with Crippen molar-refractivity contribution in [2.45, 2.75) is 69.9 Å². The lowest BCUT2D eigenvalue weighted by atomic mass is 9.72. The van der Waals surface area contributed by atoms with Gasteiger partial charge in [-0.3, -0.25) is 4.79 Å². The number of likely N-dealkylation sites (tertiary alicyclic amines) is 1. The van der Waals surface area contributed by atoms with Crippen molar-refractivity contribution in [3.8, 4) is 11.1 Å². The van der Waals surface area contributed by atoms with E-state index < -0.39 is 11.7 Å². The number of nitrogens with zero attached hydrogens (tertiary/aromatic N) is 1. The molecule has 2 amide bonds. The van der Waals surface area contributed by atoms with Gasteiger partial charge in [-0.25, -0.2) is 9.18 Å². The molecule has 2 aliphatic rings. The van der Waals surface area contributed by atoms with E-state index in [4.69, 9.17) is 0 Å². The number of benzene rings is 2. The van der Waals surface area contributed by atoms with E-state index in [9.17, 15) is 14.7 Å². The highest BCUT2D eigenvalue weighted by molar-refractivity contribution is 5.82. The fourth-order valence-electron chi connectivity index (χ4n) is 6.15. The summed E-state index contributed by atoms with van der Waals surface area (Å²) in [6.07, 6.45) is 5.46. The summed E-state index contributed by atoms with van der Waals surface area (Å²) in [5, 5.41) is 18.6. The van der Waals surface area contributed by atoms with Crippen molar-refractivity contribution in [2.24, 2.45) is 5.92 Å². The number of ether oxygens (including phenoxy) is 1. The van der Waals surface area contributed by atoms with Crippen molar-refractivity contribution in [3.63, 3.8) is 0 Å². The molecular weight excluding hydrogens is 497 g/mol. The van der Waals surface area contributed by atoms with Gasteiger partial charge in [0.2, 0.25) is 5.91 Å². The van der Waals surface area contributed by atoms with Gasteiger partial charge in [0.1, 0.15) is 5.82 Å². The second-order valence-corrected chi connectivity index (χ2v) is 10.8. The molecule has 2 aliphatic heterocycles. The molecule has 0 bridgehead atoms. The highest BCUT2D eigenvalue weighted by Crippen LogP contribution is 2.44. The standard InChI is InChI=1S/C31H42FN3O4/c1-3-22-10-6-11-23(20-22)28-25(13-7-14-26(28)32)31(38,16-9-18-34-30(37)39-2)24-12-8-19-35(21-24)29(36)27-15-4-5-17-33-27/h6-7,10-11,13-14,20,24,27,33,38H,3-5,8-9,12,15-19,21H2,1-2H3,(H,34,37)/t24-,27?,31?/m1/s1. The number of piperidine rings is 2. The molecule has 0 spiro atoms. The largest absolute Gasteiger partial charge is 0.453 e. The van der Waals surface area contributed by atoms with Gasteiger partial charge in [0.15, 0.2) is 0 Å². The highest BCUT2D eigenvalue weighted by Gasteiger charge is 2.43. The van der Waals surface area contributed by atoms with Crippen LogP contribution in [0.15, 0.2) is 42.5 Å². The Bertz CT molecular complexity index is 1140. The van der Waals surface area contributed by atoms with Crippen LogP contribution in [0.5, 0.6) is 0 Å². The van der Waals surface area contributed by atoms with E-state index >= 15 is 4.39 Å². The van der Waals surface area contributed by atoms with Crippen molar-refractivity contribution in [1.29, 1.82) is 0 Å². The smallest absolute Gasteiger partial charge is 0.406 e. The maximum Gasteiger partial charge on any atom is 0.406 e. The zero-order chi connectivity index (χ0) is 27.8. The summed E-state index contributed by atoms with van der Waals surface area (Å²) in [5.41, 5.74) is 1.33. The number of nitrogens with one attached hydrogen (secondary N) is 2. The molecule has 0 aromatic heterocycles. The molecule has 7 nitrogen and oxygen atoms in total. The minimum atomic E-state index is -1.41. The Balaban J connectivity index is 1.68. The Labute approximate surface area is 231 Å². The highest BCUT2D eigenvalue weighted by atomic mass is 19.1. The monoisotopic (exact) mass is 539 g/mol. The zero-order valence-corrected chi connectivity index (χ0v) is 23.2. The quantitative estimate of drug-likeness (QED) is 0.400. The van der Waals surface area contributed by atoms with E-state index in [2.05, 4.69) is 22.3 Å². The summed E-state index contributed by atoms with van der Waals surface area (Å²) in [7, 11) is 1.31. The number of aliphatic hydroxyl groups is 1. The van der Waals surface area contributed by atoms with Crippen LogP contribution in [0, 0.1) is 11.7 Å². The number of carbonyl (C=O) groups excluding carboxylic acids is 2. The lowest BCUT2D eigenvalue weighted by Crippen LogP contribution is -2.54. The summed E-state index contributed by atoms with van der Waals surface area (Å²) in [4.78, 5) is 26.9. The third-order valence-corrected chi connectivity index (χ3v) is 8.31. The summed E-state index contributed by atoms with van der Waals surface area (Å²) in [6, 6.07) is 12.5.